The average Bonchev–Trinajstić information content (AvgIpc) is 2.92. The third-order valence-electron chi connectivity index (χ3n) is 3.56. The first-order valence-electron chi connectivity index (χ1n) is 6.64. The molecule has 0 bridgehead atoms. The molecule has 6 nitrogen and oxygen atoms in total. The van der Waals surface area contributed by atoms with Gasteiger partial charge in [-0.25, -0.2) is 9.48 Å². The van der Waals surface area contributed by atoms with Gasteiger partial charge in [0.15, 0.2) is 0 Å². The first-order valence-corrected chi connectivity index (χ1v) is 6.64. The fraction of sp³-hybridized carbons (Fsp3) is 0.267. The molecule has 21 heavy (non-hydrogen) atoms. The molecule has 1 aromatic carbocycles. The lowest BCUT2D eigenvalue weighted by Gasteiger charge is -2.28. The van der Waals surface area contributed by atoms with Crippen LogP contribution >= 0.6 is 0 Å². The van der Waals surface area contributed by atoms with E-state index in [4.69, 9.17) is 4.74 Å². The van der Waals surface area contributed by atoms with Crippen molar-refractivity contribution in [1.29, 1.82) is 0 Å². The molecule has 0 fully saturated rings. The maximum Gasteiger partial charge on any atom is 0.338 e. The number of fused-ring (bicyclic) bond motifs is 1. The monoisotopic (exact) mass is 284 g/mol. The van der Waals surface area contributed by atoms with Crippen LogP contribution in [0.3, 0.4) is 0 Å². The summed E-state index contributed by atoms with van der Waals surface area (Å²) in [5.74, 6) is 0.249. The number of carbonyl (C=O) groups is 1. The highest BCUT2D eigenvalue weighted by Gasteiger charge is 2.33. The summed E-state index contributed by atoms with van der Waals surface area (Å²) in [5.41, 5.74) is 3.37. The Morgan fingerprint density at radius 2 is 2.19 bits per heavy atom. The number of hydrogen-bond acceptors (Lipinski definition) is 5. The van der Waals surface area contributed by atoms with Crippen LogP contribution in [0.4, 0.5) is 5.95 Å². The Labute approximate surface area is 122 Å². The second-order valence-electron chi connectivity index (χ2n) is 5.00. The molecule has 0 aliphatic carbocycles. The molecule has 0 spiro atoms. The molecule has 1 aliphatic heterocycles. The lowest BCUT2D eigenvalue weighted by Crippen LogP contribution is -2.29. The minimum absolute atomic E-state index is 0.337. The molecule has 2 heterocycles. The van der Waals surface area contributed by atoms with Crippen molar-refractivity contribution in [3.8, 4) is 0 Å². The van der Waals surface area contributed by atoms with E-state index in [-0.39, 0.29) is 12.0 Å². The Kier molecular flexibility index (Phi) is 3.21. The highest BCUT2D eigenvalue weighted by Crippen LogP contribution is 2.35. The van der Waals surface area contributed by atoms with E-state index in [2.05, 4.69) is 15.4 Å². The molecule has 1 unspecified atom stereocenters. The predicted octanol–water partition coefficient (Wildman–Crippen LogP) is 2.05. The minimum Gasteiger partial charge on any atom is -0.466 e. The molecule has 3 rings (SSSR count). The van der Waals surface area contributed by atoms with Gasteiger partial charge in [-0.15, -0.1) is 0 Å². The normalized spacial score (nSPS) is 17.2. The van der Waals surface area contributed by atoms with Crippen molar-refractivity contribution in [2.45, 2.75) is 19.9 Å². The summed E-state index contributed by atoms with van der Waals surface area (Å²) in [4.78, 5) is 16.4. The Morgan fingerprint density at radius 1 is 1.38 bits per heavy atom. The highest BCUT2D eigenvalue weighted by atomic mass is 16.5. The summed E-state index contributed by atoms with van der Waals surface area (Å²) in [6, 6.07) is 7.66. The number of carbonyl (C=O) groups excluding carboxylic acids is 1. The zero-order valence-corrected chi connectivity index (χ0v) is 12.1. The predicted molar refractivity (Wildman–Crippen MR) is 77.7 cm³/mol. The number of nitrogens with one attached hydrogen (secondary N) is 1. The third-order valence-corrected chi connectivity index (χ3v) is 3.56. The van der Waals surface area contributed by atoms with Crippen LogP contribution in [0, 0.1) is 6.92 Å². The summed E-state index contributed by atoms with van der Waals surface area (Å²) in [6.45, 7) is 3.86. The van der Waals surface area contributed by atoms with Crippen molar-refractivity contribution in [1.82, 2.24) is 14.8 Å². The quantitative estimate of drug-likeness (QED) is 0.855. The van der Waals surface area contributed by atoms with Gasteiger partial charge in [-0.2, -0.15) is 10.1 Å². The highest BCUT2D eigenvalue weighted by molar-refractivity contribution is 5.92. The largest absolute Gasteiger partial charge is 0.466 e. The van der Waals surface area contributed by atoms with Crippen molar-refractivity contribution in [2.75, 3.05) is 12.4 Å². The fourth-order valence-corrected chi connectivity index (χ4v) is 2.61. The van der Waals surface area contributed by atoms with Gasteiger partial charge in [0.2, 0.25) is 5.95 Å². The Balaban J connectivity index is 2.20. The van der Waals surface area contributed by atoms with Crippen LogP contribution in [0.25, 0.3) is 0 Å². The molecule has 2 aromatic rings. The second kappa shape index (κ2) is 5.05. The number of ether oxygens (including phenoxy) is 1. The molecule has 1 atom stereocenters. The molecular formula is C15H16N4O2. The van der Waals surface area contributed by atoms with Crippen LogP contribution in [0.1, 0.15) is 24.1 Å². The van der Waals surface area contributed by atoms with Crippen molar-refractivity contribution < 1.29 is 9.53 Å². The summed E-state index contributed by atoms with van der Waals surface area (Å²) in [6.07, 6.45) is 1.47. The summed E-state index contributed by atoms with van der Waals surface area (Å²) < 4.78 is 6.64. The average molecular weight is 284 g/mol. The van der Waals surface area contributed by atoms with E-state index in [9.17, 15) is 4.79 Å². The van der Waals surface area contributed by atoms with E-state index in [1.165, 1.54) is 13.4 Å². The summed E-state index contributed by atoms with van der Waals surface area (Å²) in [5, 5.41) is 7.33. The number of rotatable bonds is 2. The number of aromatic nitrogens is 3. The summed E-state index contributed by atoms with van der Waals surface area (Å²) in [7, 11) is 1.38. The van der Waals surface area contributed by atoms with Gasteiger partial charge in [-0.05, 0) is 19.4 Å². The van der Waals surface area contributed by atoms with E-state index < -0.39 is 0 Å². The van der Waals surface area contributed by atoms with Crippen LogP contribution in [-0.4, -0.2) is 27.8 Å². The molecule has 0 saturated heterocycles. The number of hydrogen-bond donors (Lipinski definition) is 1. The zero-order chi connectivity index (χ0) is 15.0. The van der Waals surface area contributed by atoms with Gasteiger partial charge >= 0.3 is 5.97 Å². The molecule has 108 valence electrons. The van der Waals surface area contributed by atoms with Gasteiger partial charge < -0.3 is 10.1 Å². The number of aryl methyl sites for hydroxylation is 1. The first-order chi connectivity index (χ1) is 10.1. The molecule has 6 heteroatoms. The zero-order valence-electron chi connectivity index (χ0n) is 12.1. The minimum atomic E-state index is -0.368. The van der Waals surface area contributed by atoms with Crippen molar-refractivity contribution in [3.63, 3.8) is 0 Å². The first kappa shape index (κ1) is 13.4. The van der Waals surface area contributed by atoms with Gasteiger partial charge in [0.1, 0.15) is 12.4 Å². The van der Waals surface area contributed by atoms with Crippen LogP contribution in [0.15, 0.2) is 41.9 Å². The number of anilines is 1. The van der Waals surface area contributed by atoms with Crippen molar-refractivity contribution >= 4 is 11.9 Å². The van der Waals surface area contributed by atoms with Gasteiger partial charge in [-0.1, -0.05) is 29.8 Å². The van der Waals surface area contributed by atoms with E-state index in [0.717, 1.165) is 16.8 Å². The SMILES string of the molecule is COC(=O)C1=C(C)Nc2ncnn2C1c1cccc(C)c1. The van der Waals surface area contributed by atoms with E-state index >= 15 is 0 Å². The van der Waals surface area contributed by atoms with Crippen LogP contribution in [0.5, 0.6) is 0 Å². The maximum atomic E-state index is 12.2. The molecule has 1 aliphatic rings. The van der Waals surface area contributed by atoms with E-state index in [1.807, 2.05) is 38.1 Å². The second-order valence-corrected chi connectivity index (χ2v) is 5.00. The van der Waals surface area contributed by atoms with Crippen LogP contribution in [0.2, 0.25) is 0 Å². The molecule has 0 radical (unpaired) electrons. The lowest BCUT2D eigenvalue weighted by molar-refractivity contribution is -0.136. The van der Waals surface area contributed by atoms with Gasteiger partial charge in [0.05, 0.1) is 12.7 Å². The number of nitrogens with zero attached hydrogens (tertiary/aromatic N) is 3. The molecule has 1 aromatic heterocycles. The Morgan fingerprint density at radius 3 is 2.90 bits per heavy atom. The van der Waals surface area contributed by atoms with Gasteiger partial charge in [0.25, 0.3) is 0 Å². The van der Waals surface area contributed by atoms with E-state index in [1.54, 1.807) is 4.68 Å². The number of allylic oxidation sites excluding steroid dienone is 1. The standard InChI is InChI=1S/C15H16N4O2/c1-9-5-4-6-11(7-9)13-12(14(20)21-3)10(2)18-15-16-8-17-19(13)15/h4-8,13H,1-3H3,(H,16,17,18). The van der Waals surface area contributed by atoms with Gasteiger partial charge in [0, 0.05) is 5.70 Å². The van der Waals surface area contributed by atoms with Crippen LogP contribution in [-0.2, 0) is 9.53 Å². The van der Waals surface area contributed by atoms with Crippen molar-refractivity contribution in [3.05, 3.63) is 53.0 Å². The van der Waals surface area contributed by atoms with Gasteiger partial charge in [-0.3, -0.25) is 0 Å². The smallest absolute Gasteiger partial charge is 0.338 e. The number of benzene rings is 1. The lowest BCUT2D eigenvalue weighted by atomic mass is 9.95. The number of esters is 1. The number of methoxy groups -OCH3 is 1. The molecular weight excluding hydrogens is 268 g/mol. The topological polar surface area (TPSA) is 69.0 Å². The van der Waals surface area contributed by atoms with Crippen LogP contribution < -0.4 is 5.32 Å². The Bertz CT molecular complexity index is 733. The third kappa shape index (κ3) is 2.18. The Hall–Kier alpha value is -2.63. The molecule has 0 amide bonds. The van der Waals surface area contributed by atoms with E-state index in [0.29, 0.717) is 11.5 Å². The fourth-order valence-electron chi connectivity index (χ4n) is 2.61. The van der Waals surface area contributed by atoms with Crippen molar-refractivity contribution in [2.24, 2.45) is 0 Å². The molecule has 0 saturated carbocycles. The molecule has 1 N–H and O–H groups in total. The summed E-state index contributed by atoms with van der Waals surface area (Å²) >= 11 is 0. The maximum absolute atomic E-state index is 12.2.